The molecule has 1 aromatic heterocycles. The Balaban J connectivity index is 2.16. The average molecular weight is 420 g/mol. The summed E-state index contributed by atoms with van der Waals surface area (Å²) in [7, 11) is -3.61. The summed E-state index contributed by atoms with van der Waals surface area (Å²) in [5.41, 5.74) is 4.01. The number of benzene rings is 2. The minimum Gasteiger partial charge on any atom is -0.256 e. The van der Waals surface area contributed by atoms with Crippen molar-refractivity contribution in [3.8, 4) is 22.4 Å². The molecule has 3 rings (SSSR count). The maximum Gasteiger partial charge on any atom is 0.178 e. The van der Waals surface area contributed by atoms with Crippen LogP contribution in [-0.2, 0) is 9.84 Å². The summed E-state index contributed by atoms with van der Waals surface area (Å²) in [5, 5.41) is 0. The second-order valence-corrected chi connectivity index (χ2v) is 8.62. The molecule has 0 aliphatic rings. The van der Waals surface area contributed by atoms with E-state index in [0.29, 0.717) is 11.3 Å². The first-order valence-electron chi connectivity index (χ1n) is 7.49. The molecule has 6 heteroatoms. The van der Waals surface area contributed by atoms with E-state index >= 15 is 0 Å². The molecule has 0 amide bonds. The van der Waals surface area contributed by atoms with E-state index in [1.54, 1.807) is 12.3 Å². The Labute approximate surface area is 154 Å². The number of pyridine rings is 1. The highest BCUT2D eigenvalue weighted by Gasteiger charge is 2.16. The number of hydrogen-bond acceptors (Lipinski definition) is 3. The molecular formula is C19H15BrFNO2S. The number of aromatic nitrogens is 1. The Morgan fingerprint density at radius 2 is 1.76 bits per heavy atom. The van der Waals surface area contributed by atoms with E-state index in [1.165, 1.54) is 12.1 Å². The number of nitrogens with zero attached hydrogens (tertiary/aromatic N) is 1. The number of halogens is 2. The zero-order chi connectivity index (χ0) is 18.2. The van der Waals surface area contributed by atoms with Crippen molar-refractivity contribution in [1.82, 2.24) is 4.98 Å². The van der Waals surface area contributed by atoms with Gasteiger partial charge in [-0.15, -0.1) is 0 Å². The zero-order valence-electron chi connectivity index (χ0n) is 13.6. The minimum atomic E-state index is -3.61. The lowest BCUT2D eigenvalue weighted by molar-refractivity contribution is 0.571. The van der Waals surface area contributed by atoms with Crippen LogP contribution in [0, 0.1) is 12.7 Å². The molecule has 0 N–H and O–H groups in total. The second kappa shape index (κ2) is 6.69. The van der Waals surface area contributed by atoms with Crippen molar-refractivity contribution in [3.05, 3.63) is 70.6 Å². The smallest absolute Gasteiger partial charge is 0.178 e. The van der Waals surface area contributed by atoms with Crippen molar-refractivity contribution < 1.29 is 12.8 Å². The topological polar surface area (TPSA) is 47.0 Å². The number of sulfone groups is 1. The first-order valence-corrected chi connectivity index (χ1v) is 10.2. The maximum atomic E-state index is 14.3. The highest BCUT2D eigenvalue weighted by molar-refractivity contribution is 9.10. The zero-order valence-corrected chi connectivity index (χ0v) is 16.0. The molecule has 0 spiro atoms. The summed E-state index contributed by atoms with van der Waals surface area (Å²) in [6, 6.07) is 13.7. The van der Waals surface area contributed by atoms with E-state index in [4.69, 9.17) is 0 Å². The van der Waals surface area contributed by atoms with E-state index in [0.717, 1.165) is 27.4 Å². The van der Waals surface area contributed by atoms with Gasteiger partial charge in [-0.1, -0.05) is 40.2 Å². The van der Waals surface area contributed by atoms with Crippen molar-refractivity contribution in [3.63, 3.8) is 0 Å². The van der Waals surface area contributed by atoms with Crippen molar-refractivity contribution >= 4 is 25.8 Å². The van der Waals surface area contributed by atoms with Crippen LogP contribution in [0.5, 0.6) is 0 Å². The van der Waals surface area contributed by atoms with Crippen LogP contribution in [0.15, 0.2) is 64.1 Å². The van der Waals surface area contributed by atoms with Gasteiger partial charge in [0.2, 0.25) is 0 Å². The van der Waals surface area contributed by atoms with Crippen LogP contribution in [0.2, 0.25) is 0 Å². The molecule has 128 valence electrons. The third-order valence-electron chi connectivity index (χ3n) is 3.88. The van der Waals surface area contributed by atoms with Gasteiger partial charge in [0.05, 0.1) is 5.69 Å². The van der Waals surface area contributed by atoms with Crippen LogP contribution in [-0.4, -0.2) is 19.7 Å². The molecule has 1 heterocycles. The van der Waals surface area contributed by atoms with E-state index < -0.39 is 15.7 Å². The molecule has 0 bridgehead atoms. The Hall–Kier alpha value is -2.05. The van der Waals surface area contributed by atoms with Crippen molar-refractivity contribution in [2.75, 3.05) is 6.26 Å². The normalized spacial score (nSPS) is 11.5. The molecule has 0 radical (unpaired) electrons. The maximum absolute atomic E-state index is 14.3. The fraction of sp³-hybridized carbons (Fsp3) is 0.105. The lowest BCUT2D eigenvalue weighted by atomic mass is 9.98. The molecule has 0 saturated heterocycles. The van der Waals surface area contributed by atoms with Crippen LogP contribution in [0.3, 0.4) is 0 Å². The van der Waals surface area contributed by atoms with Crippen LogP contribution in [0.1, 0.15) is 5.56 Å². The Bertz CT molecular complexity index is 1060. The van der Waals surface area contributed by atoms with Gasteiger partial charge >= 0.3 is 0 Å². The second-order valence-electron chi connectivity index (χ2n) is 5.78. The van der Waals surface area contributed by atoms with E-state index in [2.05, 4.69) is 20.9 Å². The average Bonchev–Trinajstić information content (AvgIpc) is 2.56. The van der Waals surface area contributed by atoms with Crippen LogP contribution < -0.4 is 0 Å². The predicted molar refractivity (Wildman–Crippen MR) is 101 cm³/mol. The summed E-state index contributed by atoms with van der Waals surface area (Å²) in [6.07, 6.45) is 2.62. The van der Waals surface area contributed by atoms with E-state index in [9.17, 15) is 12.8 Å². The Morgan fingerprint density at radius 1 is 1.04 bits per heavy atom. The first-order chi connectivity index (χ1) is 11.8. The molecule has 0 fully saturated rings. The lowest BCUT2D eigenvalue weighted by Crippen LogP contribution is -2.01. The van der Waals surface area contributed by atoms with Crippen molar-refractivity contribution in [1.29, 1.82) is 0 Å². The Kier molecular flexibility index (Phi) is 4.75. The summed E-state index contributed by atoms with van der Waals surface area (Å²) in [6.45, 7) is 1.99. The standard InChI is InChI=1S/C19H15BrFNO2S/c1-12-10-13(5-7-16(12)20)15-4-3-9-22-19(15)14-6-8-18(17(21)11-14)25(2,23)24/h3-11H,1-2H3. The van der Waals surface area contributed by atoms with Gasteiger partial charge < -0.3 is 0 Å². The van der Waals surface area contributed by atoms with Crippen molar-refractivity contribution in [2.45, 2.75) is 11.8 Å². The SMILES string of the molecule is Cc1cc(-c2cccnc2-c2ccc(S(C)(=O)=O)c(F)c2)ccc1Br. The lowest BCUT2D eigenvalue weighted by Gasteiger charge is -2.11. The van der Waals surface area contributed by atoms with Gasteiger partial charge in [-0.05, 0) is 42.3 Å². The third-order valence-corrected chi connectivity index (χ3v) is 5.90. The molecule has 0 aliphatic heterocycles. The van der Waals surface area contributed by atoms with Gasteiger partial charge in [0.1, 0.15) is 10.7 Å². The van der Waals surface area contributed by atoms with E-state index in [-0.39, 0.29) is 4.90 Å². The van der Waals surface area contributed by atoms with Gasteiger partial charge in [0, 0.05) is 28.1 Å². The molecule has 3 nitrogen and oxygen atoms in total. The van der Waals surface area contributed by atoms with Gasteiger partial charge in [0.25, 0.3) is 0 Å². The highest BCUT2D eigenvalue weighted by atomic mass is 79.9. The van der Waals surface area contributed by atoms with E-state index in [1.807, 2.05) is 37.3 Å². The minimum absolute atomic E-state index is 0.312. The summed E-state index contributed by atoms with van der Waals surface area (Å²) < 4.78 is 38.5. The highest BCUT2D eigenvalue weighted by Crippen LogP contribution is 2.33. The molecule has 0 aliphatic carbocycles. The molecule has 0 saturated carbocycles. The molecular weight excluding hydrogens is 405 g/mol. The van der Waals surface area contributed by atoms with Gasteiger partial charge in [-0.3, -0.25) is 4.98 Å². The summed E-state index contributed by atoms with van der Waals surface area (Å²) >= 11 is 3.48. The van der Waals surface area contributed by atoms with Gasteiger partial charge in [-0.25, -0.2) is 12.8 Å². The van der Waals surface area contributed by atoms with Crippen molar-refractivity contribution in [2.24, 2.45) is 0 Å². The fourth-order valence-corrected chi connectivity index (χ4v) is 3.60. The molecule has 0 atom stereocenters. The number of aryl methyl sites for hydroxylation is 1. The summed E-state index contributed by atoms with van der Waals surface area (Å²) in [5.74, 6) is -0.774. The Morgan fingerprint density at radius 3 is 2.40 bits per heavy atom. The predicted octanol–water partition coefficient (Wildman–Crippen LogP) is 5.03. The largest absolute Gasteiger partial charge is 0.256 e. The molecule has 3 aromatic rings. The molecule has 0 unspecified atom stereocenters. The van der Waals surface area contributed by atoms with Crippen LogP contribution >= 0.6 is 15.9 Å². The number of hydrogen-bond donors (Lipinski definition) is 0. The van der Waals surface area contributed by atoms with Crippen LogP contribution in [0.25, 0.3) is 22.4 Å². The van der Waals surface area contributed by atoms with Crippen LogP contribution in [0.4, 0.5) is 4.39 Å². The number of rotatable bonds is 3. The fourth-order valence-electron chi connectivity index (χ4n) is 2.63. The quantitative estimate of drug-likeness (QED) is 0.597. The molecule has 25 heavy (non-hydrogen) atoms. The third kappa shape index (κ3) is 3.65. The van der Waals surface area contributed by atoms with Gasteiger partial charge in [-0.2, -0.15) is 0 Å². The molecule has 2 aromatic carbocycles. The monoisotopic (exact) mass is 419 g/mol. The first kappa shape index (κ1) is 17.8. The summed E-state index contributed by atoms with van der Waals surface area (Å²) in [4.78, 5) is 4.07. The van der Waals surface area contributed by atoms with Gasteiger partial charge in [0.15, 0.2) is 9.84 Å².